The van der Waals surface area contributed by atoms with Crippen LogP contribution in [0.4, 0.5) is 5.69 Å². The zero-order valence-corrected chi connectivity index (χ0v) is 10.9. The third-order valence-corrected chi connectivity index (χ3v) is 2.95. The van der Waals surface area contributed by atoms with E-state index < -0.39 is 0 Å². The van der Waals surface area contributed by atoms with Crippen LogP contribution >= 0.6 is 0 Å². The van der Waals surface area contributed by atoms with Gasteiger partial charge in [-0.3, -0.25) is 0 Å². The van der Waals surface area contributed by atoms with Crippen LogP contribution in [0.2, 0.25) is 0 Å². The maximum atomic E-state index is 9.79. The summed E-state index contributed by atoms with van der Waals surface area (Å²) < 4.78 is 5.09. The predicted molar refractivity (Wildman–Crippen MR) is 74.8 cm³/mol. The van der Waals surface area contributed by atoms with Gasteiger partial charge in [0.25, 0.3) is 0 Å². The van der Waals surface area contributed by atoms with Gasteiger partial charge in [-0.1, -0.05) is 0 Å². The fourth-order valence-corrected chi connectivity index (χ4v) is 1.90. The monoisotopic (exact) mass is 259 g/mol. The smallest absolute Gasteiger partial charge is 0.121 e. The van der Waals surface area contributed by atoms with E-state index in [-0.39, 0.29) is 17.5 Å². The van der Waals surface area contributed by atoms with Crippen LogP contribution in [0.1, 0.15) is 18.5 Å². The summed E-state index contributed by atoms with van der Waals surface area (Å²) in [5.41, 5.74) is 1.56. The van der Waals surface area contributed by atoms with E-state index >= 15 is 0 Å². The standard InChI is InChI=1S/C15H17NO3/c1-10(14-9-12(17)5-8-15(14)18)16-11-3-6-13(19-2)7-4-11/h3-10,16-18H,1-2H3. The van der Waals surface area contributed by atoms with E-state index in [0.29, 0.717) is 5.56 Å². The summed E-state index contributed by atoms with van der Waals surface area (Å²) >= 11 is 0. The normalized spacial score (nSPS) is 11.9. The maximum Gasteiger partial charge on any atom is 0.121 e. The summed E-state index contributed by atoms with van der Waals surface area (Å²) in [4.78, 5) is 0. The van der Waals surface area contributed by atoms with E-state index in [1.165, 1.54) is 12.1 Å². The van der Waals surface area contributed by atoms with Crippen LogP contribution in [-0.2, 0) is 0 Å². The van der Waals surface area contributed by atoms with Crippen LogP contribution < -0.4 is 10.1 Å². The number of hydrogen-bond donors (Lipinski definition) is 3. The lowest BCUT2D eigenvalue weighted by atomic mass is 10.1. The van der Waals surface area contributed by atoms with Gasteiger partial charge in [0.1, 0.15) is 17.2 Å². The molecule has 100 valence electrons. The molecular formula is C15H17NO3. The summed E-state index contributed by atoms with van der Waals surface area (Å²) in [6, 6.07) is 11.9. The van der Waals surface area contributed by atoms with Crippen molar-refractivity contribution in [2.45, 2.75) is 13.0 Å². The molecule has 0 spiro atoms. The number of rotatable bonds is 4. The van der Waals surface area contributed by atoms with Gasteiger partial charge in [-0.2, -0.15) is 0 Å². The predicted octanol–water partition coefficient (Wildman–Crippen LogP) is 3.28. The summed E-state index contributed by atoms with van der Waals surface area (Å²) in [6.07, 6.45) is 0. The average molecular weight is 259 g/mol. The minimum absolute atomic E-state index is 0.125. The van der Waals surface area contributed by atoms with Gasteiger partial charge in [0.15, 0.2) is 0 Å². The summed E-state index contributed by atoms with van der Waals surface area (Å²) in [7, 11) is 1.62. The van der Waals surface area contributed by atoms with Gasteiger partial charge in [0.05, 0.1) is 13.2 Å². The van der Waals surface area contributed by atoms with Crippen molar-refractivity contribution in [1.82, 2.24) is 0 Å². The molecule has 0 radical (unpaired) electrons. The minimum atomic E-state index is -0.125. The molecule has 0 aliphatic heterocycles. The van der Waals surface area contributed by atoms with Crippen LogP contribution in [0.3, 0.4) is 0 Å². The second-order valence-corrected chi connectivity index (χ2v) is 4.34. The van der Waals surface area contributed by atoms with Crippen LogP contribution in [-0.4, -0.2) is 17.3 Å². The molecule has 0 saturated carbocycles. The first-order valence-electron chi connectivity index (χ1n) is 6.02. The molecule has 0 aromatic heterocycles. The molecule has 0 fully saturated rings. The average Bonchev–Trinajstić information content (AvgIpc) is 2.42. The van der Waals surface area contributed by atoms with Crippen LogP contribution in [0.25, 0.3) is 0 Å². The molecule has 4 heteroatoms. The number of ether oxygens (including phenoxy) is 1. The topological polar surface area (TPSA) is 61.7 Å². The van der Waals surface area contributed by atoms with Crippen molar-refractivity contribution in [3.05, 3.63) is 48.0 Å². The van der Waals surface area contributed by atoms with Crippen LogP contribution in [0.5, 0.6) is 17.2 Å². The van der Waals surface area contributed by atoms with Crippen molar-refractivity contribution in [2.75, 3.05) is 12.4 Å². The minimum Gasteiger partial charge on any atom is -0.508 e. The Balaban J connectivity index is 2.15. The molecule has 2 rings (SSSR count). The van der Waals surface area contributed by atoms with Gasteiger partial charge in [-0.25, -0.2) is 0 Å². The van der Waals surface area contributed by atoms with Crippen molar-refractivity contribution < 1.29 is 14.9 Å². The van der Waals surface area contributed by atoms with Crippen LogP contribution in [0, 0.1) is 0 Å². The van der Waals surface area contributed by atoms with Crippen molar-refractivity contribution in [1.29, 1.82) is 0 Å². The summed E-state index contributed by atoms with van der Waals surface area (Å²) in [6.45, 7) is 1.92. The largest absolute Gasteiger partial charge is 0.508 e. The number of benzene rings is 2. The third kappa shape index (κ3) is 3.10. The highest BCUT2D eigenvalue weighted by atomic mass is 16.5. The number of phenols is 2. The number of hydrogen-bond acceptors (Lipinski definition) is 4. The molecule has 0 bridgehead atoms. The zero-order chi connectivity index (χ0) is 13.8. The first kappa shape index (κ1) is 13.1. The molecular weight excluding hydrogens is 242 g/mol. The van der Waals surface area contributed by atoms with E-state index in [1.54, 1.807) is 13.2 Å². The van der Waals surface area contributed by atoms with Gasteiger partial charge < -0.3 is 20.3 Å². The summed E-state index contributed by atoms with van der Waals surface area (Å²) in [5, 5.41) is 22.5. The van der Waals surface area contributed by atoms with Gasteiger partial charge in [0, 0.05) is 11.3 Å². The number of anilines is 1. The molecule has 2 aromatic rings. The van der Waals surface area contributed by atoms with E-state index in [2.05, 4.69) is 5.32 Å². The Hall–Kier alpha value is -2.36. The van der Waals surface area contributed by atoms with Gasteiger partial charge >= 0.3 is 0 Å². The molecule has 0 amide bonds. The van der Waals surface area contributed by atoms with Gasteiger partial charge in [0.2, 0.25) is 0 Å². The molecule has 1 atom stereocenters. The molecule has 0 heterocycles. The van der Waals surface area contributed by atoms with Crippen molar-refractivity contribution in [2.24, 2.45) is 0 Å². The Morgan fingerprint density at radius 3 is 2.37 bits per heavy atom. The Bertz CT molecular complexity index is 552. The maximum absolute atomic E-state index is 9.79. The Kier molecular flexibility index (Phi) is 3.80. The Morgan fingerprint density at radius 1 is 1.05 bits per heavy atom. The molecule has 1 unspecified atom stereocenters. The number of methoxy groups -OCH3 is 1. The SMILES string of the molecule is COc1ccc(NC(C)c2cc(O)ccc2O)cc1. The molecule has 19 heavy (non-hydrogen) atoms. The van der Waals surface area contributed by atoms with E-state index in [1.807, 2.05) is 31.2 Å². The summed E-state index contributed by atoms with van der Waals surface area (Å²) in [5.74, 6) is 1.08. The number of nitrogens with one attached hydrogen (secondary N) is 1. The Morgan fingerprint density at radius 2 is 1.74 bits per heavy atom. The van der Waals surface area contributed by atoms with Gasteiger partial charge in [-0.15, -0.1) is 0 Å². The molecule has 0 aliphatic carbocycles. The molecule has 3 N–H and O–H groups in total. The Labute approximate surface area is 112 Å². The van der Waals surface area contributed by atoms with E-state index in [9.17, 15) is 10.2 Å². The first-order chi connectivity index (χ1) is 9.10. The van der Waals surface area contributed by atoms with Crippen molar-refractivity contribution in [3.8, 4) is 17.2 Å². The molecule has 2 aromatic carbocycles. The van der Waals surface area contributed by atoms with E-state index in [4.69, 9.17) is 4.74 Å². The molecule has 0 saturated heterocycles. The molecule has 4 nitrogen and oxygen atoms in total. The van der Waals surface area contributed by atoms with Crippen molar-refractivity contribution >= 4 is 5.69 Å². The van der Waals surface area contributed by atoms with Gasteiger partial charge in [-0.05, 0) is 49.4 Å². The quantitative estimate of drug-likeness (QED) is 0.737. The second-order valence-electron chi connectivity index (χ2n) is 4.34. The first-order valence-corrected chi connectivity index (χ1v) is 6.02. The fraction of sp³-hybridized carbons (Fsp3) is 0.200. The highest BCUT2D eigenvalue weighted by Gasteiger charge is 2.11. The zero-order valence-electron chi connectivity index (χ0n) is 10.9. The lowest BCUT2D eigenvalue weighted by Gasteiger charge is -2.17. The van der Waals surface area contributed by atoms with E-state index in [0.717, 1.165) is 11.4 Å². The highest BCUT2D eigenvalue weighted by Crippen LogP contribution is 2.30. The second kappa shape index (κ2) is 5.52. The fourth-order valence-electron chi connectivity index (χ4n) is 1.90. The van der Waals surface area contributed by atoms with Crippen molar-refractivity contribution in [3.63, 3.8) is 0 Å². The number of aromatic hydroxyl groups is 2. The highest BCUT2D eigenvalue weighted by molar-refractivity contribution is 5.50. The lowest BCUT2D eigenvalue weighted by molar-refractivity contribution is 0.415. The molecule has 0 aliphatic rings. The third-order valence-electron chi connectivity index (χ3n) is 2.95. The van der Waals surface area contributed by atoms with Crippen LogP contribution in [0.15, 0.2) is 42.5 Å². The number of phenolic OH excluding ortho intramolecular Hbond substituents is 2. The lowest BCUT2D eigenvalue weighted by Crippen LogP contribution is -2.06.